The maximum absolute atomic E-state index is 13.6. The number of carbonyl (C=O) groups is 1. The van der Waals surface area contributed by atoms with E-state index in [2.05, 4.69) is 0 Å². The zero-order chi connectivity index (χ0) is 21.3. The van der Waals surface area contributed by atoms with Crippen LogP contribution in [0.15, 0.2) is 48.5 Å². The van der Waals surface area contributed by atoms with Crippen molar-refractivity contribution in [2.45, 2.75) is 18.7 Å². The number of para-hydroxylation sites is 1. The maximum Gasteiger partial charge on any atom is 0.257 e. The Morgan fingerprint density at radius 2 is 2.00 bits per heavy atom. The number of hydrogen-bond acceptors (Lipinski definition) is 5. The molecule has 2 atom stereocenters. The molecule has 0 saturated carbocycles. The average Bonchev–Trinajstić information content (AvgIpc) is 3.10. The Morgan fingerprint density at radius 1 is 1.20 bits per heavy atom. The van der Waals surface area contributed by atoms with E-state index in [4.69, 9.17) is 9.47 Å². The number of carbonyl (C=O) groups excluding carboxylic acids is 1. The van der Waals surface area contributed by atoms with Crippen molar-refractivity contribution in [2.24, 2.45) is 0 Å². The van der Waals surface area contributed by atoms with Gasteiger partial charge in [-0.2, -0.15) is 4.31 Å². The van der Waals surface area contributed by atoms with E-state index in [-0.39, 0.29) is 37.9 Å². The van der Waals surface area contributed by atoms with Crippen LogP contribution in [0.3, 0.4) is 0 Å². The smallest absolute Gasteiger partial charge is 0.257 e. The monoisotopic (exact) mass is 434 g/mol. The number of rotatable bonds is 4. The molecule has 0 bridgehead atoms. The summed E-state index contributed by atoms with van der Waals surface area (Å²) in [6.45, 7) is 0.550. The molecule has 9 heteroatoms. The van der Waals surface area contributed by atoms with Crippen LogP contribution in [0.1, 0.15) is 15.9 Å². The van der Waals surface area contributed by atoms with Crippen molar-refractivity contribution >= 4 is 15.9 Å². The molecule has 4 rings (SSSR count). The summed E-state index contributed by atoms with van der Waals surface area (Å²) in [6.07, 6.45) is -0.450. The van der Waals surface area contributed by atoms with Gasteiger partial charge in [-0.05, 0) is 29.8 Å². The molecule has 0 aromatic heterocycles. The number of amides is 1. The lowest BCUT2D eigenvalue weighted by atomic mass is 10.1. The minimum absolute atomic E-state index is 0.0291. The first-order valence-corrected chi connectivity index (χ1v) is 11.3. The molecule has 30 heavy (non-hydrogen) atoms. The summed E-state index contributed by atoms with van der Waals surface area (Å²) >= 11 is 0. The highest BCUT2D eigenvalue weighted by atomic mass is 32.2. The van der Waals surface area contributed by atoms with Crippen LogP contribution >= 0.6 is 0 Å². The molecule has 2 aliphatic heterocycles. The summed E-state index contributed by atoms with van der Waals surface area (Å²) in [6, 6.07) is 12.2. The molecule has 0 radical (unpaired) electrons. The second-order valence-electron chi connectivity index (χ2n) is 7.38. The molecule has 1 amide bonds. The van der Waals surface area contributed by atoms with Gasteiger partial charge in [-0.25, -0.2) is 12.8 Å². The second kappa shape index (κ2) is 8.33. The van der Waals surface area contributed by atoms with Gasteiger partial charge in [-0.15, -0.1) is 0 Å². The lowest BCUT2D eigenvalue weighted by molar-refractivity contribution is 0.0444. The Balaban J connectivity index is 1.61. The molecule has 2 aromatic rings. The molecule has 2 saturated heterocycles. The van der Waals surface area contributed by atoms with Gasteiger partial charge in [0.15, 0.2) is 0 Å². The number of methoxy groups -OCH3 is 1. The largest absolute Gasteiger partial charge is 0.496 e. The molecule has 0 spiro atoms. The molecule has 0 N–H and O–H groups in total. The van der Waals surface area contributed by atoms with E-state index in [0.717, 1.165) is 0 Å². The number of benzene rings is 2. The third-order valence-electron chi connectivity index (χ3n) is 5.49. The molecule has 2 fully saturated rings. The highest BCUT2D eigenvalue weighted by Crippen LogP contribution is 2.29. The van der Waals surface area contributed by atoms with Crippen molar-refractivity contribution in [2.75, 3.05) is 32.6 Å². The average molecular weight is 434 g/mol. The number of hydrogen-bond donors (Lipinski definition) is 0. The Hall–Kier alpha value is -2.49. The van der Waals surface area contributed by atoms with E-state index >= 15 is 0 Å². The molecule has 2 aliphatic rings. The summed E-state index contributed by atoms with van der Waals surface area (Å²) in [7, 11) is -2.13. The van der Waals surface area contributed by atoms with Crippen molar-refractivity contribution in [3.05, 3.63) is 65.5 Å². The van der Waals surface area contributed by atoms with Crippen LogP contribution in [-0.2, 0) is 21.3 Å². The van der Waals surface area contributed by atoms with Crippen LogP contribution in [-0.4, -0.2) is 68.2 Å². The van der Waals surface area contributed by atoms with E-state index in [1.165, 1.54) is 23.5 Å². The van der Waals surface area contributed by atoms with E-state index in [1.807, 2.05) is 0 Å². The first-order valence-electron chi connectivity index (χ1n) is 9.67. The third kappa shape index (κ3) is 4.05. The number of halogens is 1. The lowest BCUT2D eigenvalue weighted by Gasteiger charge is -2.28. The Bertz CT molecular complexity index is 1050. The fourth-order valence-corrected chi connectivity index (χ4v) is 5.52. The van der Waals surface area contributed by atoms with Gasteiger partial charge in [0.05, 0.1) is 37.2 Å². The van der Waals surface area contributed by atoms with Gasteiger partial charge in [-0.1, -0.05) is 24.3 Å². The number of ether oxygens (including phenoxy) is 2. The highest BCUT2D eigenvalue weighted by Gasteiger charge is 2.46. The normalized spacial score (nSPS) is 23.6. The van der Waals surface area contributed by atoms with Gasteiger partial charge in [0.2, 0.25) is 10.0 Å². The van der Waals surface area contributed by atoms with Crippen LogP contribution < -0.4 is 4.74 Å². The Labute approximate surface area is 175 Å². The number of fused-ring (bicyclic) bond motifs is 1. The first kappa shape index (κ1) is 20.8. The van der Waals surface area contributed by atoms with Crippen molar-refractivity contribution < 1.29 is 27.1 Å². The number of sulfonamides is 1. The second-order valence-corrected chi connectivity index (χ2v) is 9.42. The molecule has 2 aromatic carbocycles. The van der Waals surface area contributed by atoms with Crippen LogP contribution in [0.5, 0.6) is 5.75 Å². The quantitative estimate of drug-likeness (QED) is 0.735. The van der Waals surface area contributed by atoms with E-state index in [1.54, 1.807) is 41.3 Å². The molecule has 0 aliphatic carbocycles. The van der Waals surface area contributed by atoms with Crippen molar-refractivity contribution in [1.82, 2.24) is 9.21 Å². The van der Waals surface area contributed by atoms with E-state index in [9.17, 15) is 17.6 Å². The highest BCUT2D eigenvalue weighted by molar-refractivity contribution is 7.89. The minimum Gasteiger partial charge on any atom is -0.496 e. The van der Waals surface area contributed by atoms with Crippen molar-refractivity contribution in [3.8, 4) is 5.75 Å². The van der Waals surface area contributed by atoms with Gasteiger partial charge >= 0.3 is 0 Å². The standard InChI is InChI=1S/C21H23FN2O5S/c1-28-19-8-3-2-7-17(19)21(25)23-13-18-20(14-23)29-9-10-30(26,27)24(18)12-15-5-4-6-16(22)11-15/h2-8,11,18,20H,9-10,12-14H2,1H3/t18-,20+/m1/s1. The van der Waals surface area contributed by atoms with Gasteiger partial charge in [0.25, 0.3) is 5.91 Å². The summed E-state index contributed by atoms with van der Waals surface area (Å²) < 4.78 is 51.9. The Morgan fingerprint density at radius 3 is 2.77 bits per heavy atom. The van der Waals surface area contributed by atoms with Crippen LogP contribution in [0, 0.1) is 5.82 Å². The summed E-state index contributed by atoms with van der Waals surface area (Å²) in [5.74, 6) is -0.352. The SMILES string of the molecule is COc1ccccc1C(=O)N1C[C@@H]2OCCS(=O)(=O)N(Cc3cccc(F)c3)[C@@H]2C1. The maximum atomic E-state index is 13.6. The molecule has 7 nitrogen and oxygen atoms in total. The minimum atomic E-state index is -3.63. The van der Waals surface area contributed by atoms with Gasteiger partial charge < -0.3 is 14.4 Å². The van der Waals surface area contributed by atoms with Crippen molar-refractivity contribution in [1.29, 1.82) is 0 Å². The van der Waals surface area contributed by atoms with Crippen LogP contribution in [0.2, 0.25) is 0 Å². The van der Waals surface area contributed by atoms with E-state index in [0.29, 0.717) is 16.9 Å². The van der Waals surface area contributed by atoms with Crippen LogP contribution in [0.4, 0.5) is 4.39 Å². The molecule has 2 heterocycles. The number of likely N-dealkylation sites (tertiary alicyclic amines) is 1. The Kier molecular flexibility index (Phi) is 5.77. The fourth-order valence-electron chi connectivity index (χ4n) is 4.01. The van der Waals surface area contributed by atoms with Crippen LogP contribution in [0.25, 0.3) is 0 Å². The predicted molar refractivity (Wildman–Crippen MR) is 108 cm³/mol. The van der Waals surface area contributed by atoms with Gasteiger partial charge in [0, 0.05) is 19.6 Å². The van der Waals surface area contributed by atoms with Gasteiger partial charge in [0.1, 0.15) is 11.6 Å². The van der Waals surface area contributed by atoms with Crippen molar-refractivity contribution in [3.63, 3.8) is 0 Å². The zero-order valence-electron chi connectivity index (χ0n) is 16.5. The molecular formula is C21H23FN2O5S. The first-order chi connectivity index (χ1) is 14.4. The summed E-state index contributed by atoms with van der Waals surface area (Å²) in [5, 5.41) is 0. The summed E-state index contributed by atoms with van der Waals surface area (Å²) in [4.78, 5) is 14.7. The molecular weight excluding hydrogens is 411 g/mol. The summed E-state index contributed by atoms with van der Waals surface area (Å²) in [5.41, 5.74) is 0.963. The molecule has 0 unspecified atom stereocenters. The lowest BCUT2D eigenvalue weighted by Crippen LogP contribution is -2.45. The topological polar surface area (TPSA) is 76.1 Å². The van der Waals surface area contributed by atoms with Gasteiger partial charge in [-0.3, -0.25) is 4.79 Å². The molecule has 160 valence electrons. The zero-order valence-corrected chi connectivity index (χ0v) is 17.3. The fraction of sp³-hybridized carbons (Fsp3) is 0.381. The third-order valence-corrected chi connectivity index (χ3v) is 7.29. The predicted octanol–water partition coefficient (Wildman–Crippen LogP) is 1.89. The van der Waals surface area contributed by atoms with E-state index < -0.39 is 28.0 Å². The number of nitrogens with zero attached hydrogens (tertiary/aromatic N) is 2.